The summed E-state index contributed by atoms with van der Waals surface area (Å²) >= 11 is 1.33. The van der Waals surface area contributed by atoms with E-state index in [0.717, 1.165) is 62.9 Å². The Kier molecular flexibility index (Phi) is 6.68. The van der Waals surface area contributed by atoms with Gasteiger partial charge < -0.3 is 15.0 Å². The van der Waals surface area contributed by atoms with Gasteiger partial charge in [-0.1, -0.05) is 12.1 Å². The second-order valence-corrected chi connectivity index (χ2v) is 8.12. The number of ether oxygens (including phenoxy) is 1. The molecule has 156 valence electrons. The summed E-state index contributed by atoms with van der Waals surface area (Å²) in [4.78, 5) is 21.7. The zero-order chi connectivity index (χ0) is 20.1. The molecule has 1 atom stereocenters. The quantitative estimate of drug-likeness (QED) is 0.737. The van der Waals surface area contributed by atoms with Crippen LogP contribution in [0.4, 0.5) is 9.52 Å². The van der Waals surface area contributed by atoms with Gasteiger partial charge in [-0.25, -0.2) is 9.37 Å². The maximum absolute atomic E-state index is 13.1. The van der Waals surface area contributed by atoms with Crippen molar-refractivity contribution in [2.75, 3.05) is 50.8 Å². The van der Waals surface area contributed by atoms with E-state index in [2.05, 4.69) is 24.5 Å². The van der Waals surface area contributed by atoms with Crippen LogP contribution in [0.1, 0.15) is 24.2 Å². The van der Waals surface area contributed by atoms with Crippen LogP contribution in [0.2, 0.25) is 0 Å². The molecule has 0 aliphatic carbocycles. The average molecular weight is 420 g/mol. The van der Waals surface area contributed by atoms with Crippen molar-refractivity contribution in [1.82, 2.24) is 19.6 Å². The molecular formula is C20H26FN5O2S. The molecule has 2 aliphatic rings. The van der Waals surface area contributed by atoms with Gasteiger partial charge in [0.25, 0.3) is 0 Å². The first-order valence-electron chi connectivity index (χ1n) is 10.1. The molecule has 29 heavy (non-hydrogen) atoms. The summed E-state index contributed by atoms with van der Waals surface area (Å²) in [7, 11) is 0. The third-order valence-electron chi connectivity index (χ3n) is 5.36. The summed E-state index contributed by atoms with van der Waals surface area (Å²) in [5, 5.41) is 3.87. The zero-order valence-corrected chi connectivity index (χ0v) is 17.2. The lowest BCUT2D eigenvalue weighted by molar-refractivity contribution is -0.122. The first-order valence-corrected chi connectivity index (χ1v) is 10.9. The molecule has 0 saturated carbocycles. The number of aromatic nitrogens is 2. The molecular weight excluding hydrogens is 393 g/mol. The molecule has 2 fully saturated rings. The largest absolute Gasteiger partial charge is 0.379 e. The smallest absolute Gasteiger partial charge is 0.242 e. The minimum atomic E-state index is -0.250. The molecule has 1 aromatic carbocycles. The maximum Gasteiger partial charge on any atom is 0.242 e. The number of benzene rings is 1. The summed E-state index contributed by atoms with van der Waals surface area (Å²) < 4.78 is 22.9. The van der Waals surface area contributed by atoms with Crippen molar-refractivity contribution in [3.8, 4) is 0 Å². The highest BCUT2D eigenvalue weighted by atomic mass is 32.1. The number of hydrogen-bond donors (Lipinski definition) is 1. The van der Waals surface area contributed by atoms with E-state index in [1.54, 1.807) is 12.1 Å². The van der Waals surface area contributed by atoms with Gasteiger partial charge in [0.1, 0.15) is 17.7 Å². The monoisotopic (exact) mass is 419 g/mol. The molecule has 0 bridgehead atoms. The Hall–Kier alpha value is -2.10. The molecule has 1 aromatic heterocycles. The lowest BCUT2D eigenvalue weighted by Gasteiger charge is -2.27. The Bertz CT molecular complexity index is 809. The fourth-order valence-electron chi connectivity index (χ4n) is 3.77. The van der Waals surface area contributed by atoms with Crippen molar-refractivity contribution in [1.29, 1.82) is 0 Å². The van der Waals surface area contributed by atoms with Gasteiger partial charge >= 0.3 is 0 Å². The second-order valence-electron chi connectivity index (χ2n) is 7.39. The van der Waals surface area contributed by atoms with Crippen molar-refractivity contribution >= 4 is 22.6 Å². The lowest BCUT2D eigenvalue weighted by Crippen LogP contribution is -2.46. The van der Waals surface area contributed by atoms with E-state index in [1.807, 2.05) is 0 Å². The minimum absolute atomic E-state index is 0.0612. The summed E-state index contributed by atoms with van der Waals surface area (Å²) in [6.45, 7) is 5.69. The number of nitrogens with zero attached hydrogens (tertiary/aromatic N) is 4. The van der Waals surface area contributed by atoms with Crippen LogP contribution in [0.15, 0.2) is 24.3 Å². The van der Waals surface area contributed by atoms with Crippen LogP contribution in [0.3, 0.4) is 0 Å². The summed E-state index contributed by atoms with van der Waals surface area (Å²) in [6, 6.07) is 6.19. The van der Waals surface area contributed by atoms with Crippen molar-refractivity contribution in [3.05, 3.63) is 41.5 Å². The standard InChI is InChI=1S/C20H26FN5O2S/c21-16-5-3-15(4-6-16)14-18-23-20(29-24-18)26-8-1-2-17(26)19(27)22-7-9-25-10-12-28-13-11-25/h3-6,17H,1-2,7-14H2,(H,22,27). The van der Waals surface area contributed by atoms with Crippen molar-refractivity contribution in [2.45, 2.75) is 25.3 Å². The lowest BCUT2D eigenvalue weighted by atomic mass is 10.1. The van der Waals surface area contributed by atoms with Crippen molar-refractivity contribution in [2.24, 2.45) is 0 Å². The Morgan fingerprint density at radius 3 is 2.83 bits per heavy atom. The molecule has 3 heterocycles. The van der Waals surface area contributed by atoms with Crippen molar-refractivity contribution < 1.29 is 13.9 Å². The maximum atomic E-state index is 13.1. The molecule has 1 N–H and O–H groups in total. The fraction of sp³-hybridized carbons (Fsp3) is 0.550. The van der Waals surface area contributed by atoms with Crippen molar-refractivity contribution in [3.63, 3.8) is 0 Å². The molecule has 0 radical (unpaired) electrons. The Morgan fingerprint density at radius 1 is 1.24 bits per heavy atom. The van der Waals surface area contributed by atoms with Gasteiger partial charge in [-0.2, -0.15) is 4.37 Å². The normalized spacial score (nSPS) is 20.2. The molecule has 2 aliphatic heterocycles. The van der Waals surface area contributed by atoms with E-state index in [9.17, 15) is 9.18 Å². The van der Waals surface area contributed by atoms with Gasteiger partial charge in [-0.05, 0) is 30.5 Å². The van der Waals surface area contributed by atoms with Gasteiger partial charge in [-0.3, -0.25) is 9.69 Å². The number of rotatable bonds is 7. The second kappa shape index (κ2) is 9.60. The van der Waals surface area contributed by atoms with E-state index in [4.69, 9.17) is 4.74 Å². The van der Waals surface area contributed by atoms with Crippen LogP contribution in [0.25, 0.3) is 0 Å². The molecule has 2 aromatic rings. The predicted octanol–water partition coefficient (Wildman–Crippen LogP) is 1.69. The van der Waals surface area contributed by atoms with E-state index in [1.165, 1.54) is 23.7 Å². The van der Waals surface area contributed by atoms with Gasteiger partial charge in [0.2, 0.25) is 11.0 Å². The minimum Gasteiger partial charge on any atom is -0.379 e. The number of hydrogen-bond acceptors (Lipinski definition) is 7. The van der Waals surface area contributed by atoms with E-state index in [0.29, 0.717) is 18.8 Å². The van der Waals surface area contributed by atoms with E-state index < -0.39 is 0 Å². The van der Waals surface area contributed by atoms with Gasteiger partial charge in [-0.15, -0.1) is 0 Å². The van der Waals surface area contributed by atoms with Crippen LogP contribution in [0.5, 0.6) is 0 Å². The Balaban J connectivity index is 1.31. The topological polar surface area (TPSA) is 70.6 Å². The molecule has 1 unspecified atom stereocenters. The van der Waals surface area contributed by atoms with Crippen LogP contribution >= 0.6 is 11.5 Å². The number of carbonyl (C=O) groups is 1. The number of amides is 1. The molecule has 4 rings (SSSR count). The third-order valence-corrected chi connectivity index (χ3v) is 6.16. The van der Waals surface area contributed by atoms with Crippen LogP contribution in [-0.4, -0.2) is 72.1 Å². The van der Waals surface area contributed by atoms with Gasteiger partial charge in [0.15, 0.2) is 0 Å². The number of halogens is 1. The number of anilines is 1. The molecule has 9 heteroatoms. The fourth-order valence-corrected chi connectivity index (χ4v) is 4.53. The summed E-state index contributed by atoms with van der Waals surface area (Å²) in [5.41, 5.74) is 0.967. The van der Waals surface area contributed by atoms with Crippen LogP contribution in [0, 0.1) is 5.82 Å². The van der Waals surface area contributed by atoms with Gasteiger partial charge in [0.05, 0.1) is 13.2 Å². The third kappa shape index (κ3) is 5.29. The highest BCUT2D eigenvalue weighted by molar-refractivity contribution is 7.09. The van der Waals surface area contributed by atoms with Crippen LogP contribution < -0.4 is 10.2 Å². The SMILES string of the molecule is O=C(NCCN1CCOCC1)C1CCCN1c1nc(Cc2ccc(F)cc2)ns1. The molecule has 1 amide bonds. The van der Waals surface area contributed by atoms with E-state index in [-0.39, 0.29) is 17.8 Å². The van der Waals surface area contributed by atoms with Crippen LogP contribution in [-0.2, 0) is 16.0 Å². The zero-order valence-electron chi connectivity index (χ0n) is 16.3. The Morgan fingerprint density at radius 2 is 2.03 bits per heavy atom. The highest BCUT2D eigenvalue weighted by Gasteiger charge is 2.32. The molecule has 2 saturated heterocycles. The number of nitrogens with one attached hydrogen (secondary N) is 1. The first-order chi connectivity index (χ1) is 14.2. The van der Waals surface area contributed by atoms with Gasteiger partial charge in [0, 0.05) is 50.7 Å². The highest BCUT2D eigenvalue weighted by Crippen LogP contribution is 2.27. The number of carbonyl (C=O) groups excluding carboxylic acids is 1. The molecule has 7 nitrogen and oxygen atoms in total. The summed E-state index contributed by atoms with van der Waals surface area (Å²) in [5.74, 6) is 0.515. The predicted molar refractivity (Wildman–Crippen MR) is 110 cm³/mol. The number of morpholine rings is 1. The summed E-state index contributed by atoms with van der Waals surface area (Å²) in [6.07, 6.45) is 2.35. The first kappa shape index (κ1) is 20.2. The van der Waals surface area contributed by atoms with E-state index >= 15 is 0 Å². The molecule has 0 spiro atoms. The average Bonchev–Trinajstić information content (AvgIpc) is 3.40. The Labute approximate surface area is 174 Å².